The van der Waals surface area contributed by atoms with Crippen LogP contribution < -0.4 is 16.0 Å². The average Bonchev–Trinajstić information content (AvgIpc) is 2.86. The van der Waals surface area contributed by atoms with E-state index in [9.17, 15) is 9.59 Å². The molecule has 1 aliphatic rings. The Balaban J connectivity index is 2.51. The summed E-state index contributed by atoms with van der Waals surface area (Å²) in [5.74, 6) is -0.0525. The van der Waals surface area contributed by atoms with E-state index in [0.29, 0.717) is 6.54 Å². The van der Waals surface area contributed by atoms with Gasteiger partial charge >= 0.3 is 0 Å². The zero-order valence-corrected chi connectivity index (χ0v) is 11.6. The minimum Gasteiger partial charge on any atom is -0.354 e. The normalized spacial score (nSPS) is 20.8. The Bertz CT molecular complexity index is 286. The van der Waals surface area contributed by atoms with Gasteiger partial charge in [0.05, 0.1) is 6.04 Å². The first-order chi connectivity index (χ1) is 8.56. The van der Waals surface area contributed by atoms with Crippen molar-refractivity contribution in [2.24, 2.45) is 5.92 Å². The lowest BCUT2D eigenvalue weighted by Crippen LogP contribution is -2.53. The molecule has 0 radical (unpaired) electrons. The second kappa shape index (κ2) is 7.36. The lowest BCUT2D eigenvalue weighted by molar-refractivity contribution is -0.130. The van der Waals surface area contributed by atoms with Gasteiger partial charge in [0.1, 0.15) is 6.04 Å². The van der Waals surface area contributed by atoms with Crippen molar-refractivity contribution in [2.45, 2.75) is 52.1 Å². The second-order valence-corrected chi connectivity index (χ2v) is 5.17. The van der Waals surface area contributed by atoms with Crippen molar-refractivity contribution in [1.29, 1.82) is 0 Å². The molecule has 18 heavy (non-hydrogen) atoms. The number of amides is 2. The van der Waals surface area contributed by atoms with E-state index in [1.54, 1.807) is 0 Å². The van der Waals surface area contributed by atoms with Crippen molar-refractivity contribution in [3.8, 4) is 0 Å². The number of nitrogens with one attached hydrogen (secondary N) is 3. The molecule has 1 heterocycles. The van der Waals surface area contributed by atoms with Gasteiger partial charge in [-0.2, -0.15) is 0 Å². The Morgan fingerprint density at radius 1 is 1.39 bits per heavy atom. The van der Waals surface area contributed by atoms with E-state index in [1.807, 2.05) is 20.8 Å². The van der Waals surface area contributed by atoms with Crippen LogP contribution in [0.5, 0.6) is 0 Å². The highest BCUT2D eigenvalue weighted by molar-refractivity contribution is 5.90. The molecule has 5 heteroatoms. The molecule has 0 aromatic rings. The van der Waals surface area contributed by atoms with Gasteiger partial charge in [-0.05, 0) is 31.7 Å². The number of carbonyl (C=O) groups is 2. The largest absolute Gasteiger partial charge is 0.354 e. The monoisotopic (exact) mass is 255 g/mol. The van der Waals surface area contributed by atoms with Crippen molar-refractivity contribution < 1.29 is 9.59 Å². The summed E-state index contributed by atoms with van der Waals surface area (Å²) in [6, 6.07) is -0.573. The maximum atomic E-state index is 12.0. The van der Waals surface area contributed by atoms with Gasteiger partial charge in [0.15, 0.2) is 0 Å². The van der Waals surface area contributed by atoms with E-state index >= 15 is 0 Å². The summed E-state index contributed by atoms with van der Waals surface area (Å²) in [6.07, 6.45) is 2.77. The highest BCUT2D eigenvalue weighted by atomic mass is 16.2. The van der Waals surface area contributed by atoms with Gasteiger partial charge in [0, 0.05) is 6.54 Å². The lowest BCUT2D eigenvalue weighted by Gasteiger charge is -2.23. The maximum Gasteiger partial charge on any atom is 0.242 e. The summed E-state index contributed by atoms with van der Waals surface area (Å²) in [7, 11) is 0. The Hall–Kier alpha value is -1.10. The highest BCUT2D eigenvalue weighted by Crippen LogP contribution is 2.07. The Morgan fingerprint density at radius 2 is 2.11 bits per heavy atom. The smallest absolute Gasteiger partial charge is 0.242 e. The molecule has 104 valence electrons. The summed E-state index contributed by atoms with van der Waals surface area (Å²) in [4.78, 5) is 23.9. The van der Waals surface area contributed by atoms with Gasteiger partial charge in [0.2, 0.25) is 11.8 Å². The number of hydrogen-bond acceptors (Lipinski definition) is 3. The van der Waals surface area contributed by atoms with Crippen molar-refractivity contribution in [2.75, 3.05) is 13.1 Å². The van der Waals surface area contributed by atoms with E-state index < -0.39 is 6.04 Å². The zero-order valence-electron chi connectivity index (χ0n) is 11.6. The predicted molar refractivity (Wildman–Crippen MR) is 71.1 cm³/mol. The third kappa shape index (κ3) is 4.29. The second-order valence-electron chi connectivity index (χ2n) is 5.17. The topological polar surface area (TPSA) is 70.2 Å². The molecule has 0 unspecified atom stereocenters. The molecule has 1 rings (SSSR count). The van der Waals surface area contributed by atoms with Crippen molar-refractivity contribution in [3.05, 3.63) is 0 Å². The zero-order chi connectivity index (χ0) is 13.5. The molecule has 0 aromatic carbocycles. The SMILES string of the molecule is CCCNC(=O)[C@@H](NC(=O)[C@@H]1CCCN1)C(C)C. The van der Waals surface area contributed by atoms with Gasteiger partial charge in [-0.3, -0.25) is 9.59 Å². The fraction of sp³-hybridized carbons (Fsp3) is 0.846. The molecule has 0 spiro atoms. The molecule has 2 amide bonds. The Kier molecular flexibility index (Phi) is 6.12. The van der Waals surface area contributed by atoms with Gasteiger partial charge in [-0.25, -0.2) is 0 Å². The van der Waals surface area contributed by atoms with Crippen LogP contribution in [-0.2, 0) is 9.59 Å². The summed E-state index contributed by atoms with van der Waals surface area (Å²) in [5, 5.41) is 8.83. The highest BCUT2D eigenvalue weighted by Gasteiger charge is 2.28. The standard InChI is InChI=1S/C13H25N3O2/c1-4-7-15-13(18)11(9(2)3)16-12(17)10-6-5-8-14-10/h9-11,14H,4-8H2,1-3H3,(H,15,18)(H,16,17)/t10-,11-/m0/s1. The molecule has 3 N–H and O–H groups in total. The third-order valence-corrected chi connectivity index (χ3v) is 3.17. The number of hydrogen-bond donors (Lipinski definition) is 3. The van der Waals surface area contributed by atoms with E-state index in [1.165, 1.54) is 0 Å². The third-order valence-electron chi connectivity index (χ3n) is 3.17. The number of carbonyl (C=O) groups excluding carboxylic acids is 2. The van der Waals surface area contributed by atoms with Gasteiger partial charge in [0.25, 0.3) is 0 Å². The molecule has 0 aromatic heterocycles. The van der Waals surface area contributed by atoms with Crippen LogP contribution in [0.1, 0.15) is 40.0 Å². The van der Waals surface area contributed by atoms with Crippen LogP contribution in [0.25, 0.3) is 0 Å². The fourth-order valence-corrected chi connectivity index (χ4v) is 2.06. The summed E-state index contributed by atoms with van der Waals surface area (Å²) in [6.45, 7) is 7.43. The van der Waals surface area contributed by atoms with E-state index in [2.05, 4.69) is 16.0 Å². The van der Waals surface area contributed by atoms with Crippen LogP contribution in [0.3, 0.4) is 0 Å². The molecular weight excluding hydrogens is 230 g/mol. The van der Waals surface area contributed by atoms with Crippen LogP contribution in [0, 0.1) is 5.92 Å². The maximum absolute atomic E-state index is 12.0. The van der Waals surface area contributed by atoms with Crippen molar-refractivity contribution in [3.63, 3.8) is 0 Å². The van der Waals surface area contributed by atoms with Crippen molar-refractivity contribution in [1.82, 2.24) is 16.0 Å². The van der Waals surface area contributed by atoms with E-state index in [4.69, 9.17) is 0 Å². The molecule has 1 fully saturated rings. The van der Waals surface area contributed by atoms with E-state index in [0.717, 1.165) is 25.8 Å². The average molecular weight is 255 g/mol. The molecule has 0 saturated carbocycles. The quantitative estimate of drug-likeness (QED) is 0.643. The number of rotatable bonds is 6. The predicted octanol–water partition coefficient (Wildman–Crippen LogP) is 0.405. The minimum absolute atomic E-state index is 0.0575. The first-order valence-electron chi connectivity index (χ1n) is 6.87. The first-order valence-corrected chi connectivity index (χ1v) is 6.87. The van der Waals surface area contributed by atoms with Gasteiger partial charge < -0.3 is 16.0 Å². The molecule has 1 saturated heterocycles. The first kappa shape index (κ1) is 15.0. The van der Waals surface area contributed by atoms with Crippen molar-refractivity contribution >= 4 is 11.8 Å². The van der Waals surface area contributed by atoms with Gasteiger partial charge in [-0.15, -0.1) is 0 Å². The summed E-state index contributed by atoms with van der Waals surface area (Å²) in [5.41, 5.74) is 0. The fourth-order valence-electron chi connectivity index (χ4n) is 2.06. The van der Waals surface area contributed by atoms with Crippen LogP contribution in [0.4, 0.5) is 0 Å². The van der Waals surface area contributed by atoms with Crippen LogP contribution in [0.15, 0.2) is 0 Å². The van der Waals surface area contributed by atoms with Crippen LogP contribution in [0.2, 0.25) is 0 Å². The molecule has 0 aliphatic carbocycles. The van der Waals surface area contributed by atoms with Crippen LogP contribution >= 0.6 is 0 Å². The molecule has 2 atom stereocenters. The van der Waals surface area contributed by atoms with Gasteiger partial charge in [-0.1, -0.05) is 20.8 Å². The molecule has 0 bridgehead atoms. The molecular formula is C13H25N3O2. The Morgan fingerprint density at radius 3 is 2.61 bits per heavy atom. The summed E-state index contributed by atoms with van der Waals surface area (Å²) >= 11 is 0. The Labute approximate surface area is 109 Å². The van der Waals surface area contributed by atoms with E-state index in [-0.39, 0.29) is 23.8 Å². The van der Waals surface area contributed by atoms with Crippen LogP contribution in [-0.4, -0.2) is 37.0 Å². The molecule has 1 aliphatic heterocycles. The lowest BCUT2D eigenvalue weighted by atomic mass is 10.0. The molecule has 5 nitrogen and oxygen atoms in total. The summed E-state index contributed by atoms with van der Waals surface area (Å²) < 4.78 is 0. The minimum atomic E-state index is -0.438.